The molecular formula is C19H21Cl2N5O. The number of halogens is 2. The van der Waals surface area contributed by atoms with E-state index >= 15 is 0 Å². The molecule has 0 aliphatic carbocycles. The summed E-state index contributed by atoms with van der Waals surface area (Å²) in [4.78, 5) is 16.9. The average Bonchev–Trinajstić information content (AvgIpc) is 2.90. The van der Waals surface area contributed by atoms with Crippen molar-refractivity contribution in [1.82, 2.24) is 20.1 Å². The van der Waals surface area contributed by atoms with Gasteiger partial charge in [0.25, 0.3) is 0 Å². The van der Waals surface area contributed by atoms with E-state index in [4.69, 9.17) is 23.2 Å². The molecule has 2 N–H and O–H groups in total. The molecule has 142 valence electrons. The third-order valence-corrected chi connectivity index (χ3v) is 4.92. The number of fused-ring (bicyclic) bond motifs is 1. The average molecular weight is 406 g/mol. The van der Waals surface area contributed by atoms with E-state index in [1.54, 1.807) is 18.2 Å². The van der Waals surface area contributed by atoms with Gasteiger partial charge < -0.3 is 10.6 Å². The number of benzene rings is 1. The second kappa shape index (κ2) is 7.74. The van der Waals surface area contributed by atoms with Gasteiger partial charge in [-0.3, -0.25) is 4.68 Å². The summed E-state index contributed by atoms with van der Waals surface area (Å²) in [6, 6.07) is 6.66. The Labute approximate surface area is 167 Å². The van der Waals surface area contributed by atoms with E-state index in [0.29, 0.717) is 21.7 Å². The van der Waals surface area contributed by atoms with E-state index in [1.807, 2.05) is 24.7 Å². The van der Waals surface area contributed by atoms with E-state index in [-0.39, 0.29) is 6.54 Å². The van der Waals surface area contributed by atoms with Crippen LogP contribution in [0.25, 0.3) is 11.0 Å². The summed E-state index contributed by atoms with van der Waals surface area (Å²) in [6.45, 7) is 6.46. The van der Waals surface area contributed by atoms with Crippen LogP contribution in [0.2, 0.25) is 10.0 Å². The number of carbonyl (C=O) groups excluding carboxylic acids is 1. The van der Waals surface area contributed by atoms with E-state index < -0.39 is 6.03 Å². The van der Waals surface area contributed by atoms with Crippen LogP contribution in [0.4, 0.5) is 10.5 Å². The molecule has 0 unspecified atom stereocenters. The minimum atomic E-state index is -0.402. The van der Waals surface area contributed by atoms with Crippen molar-refractivity contribution in [3.05, 3.63) is 51.3 Å². The molecule has 0 aliphatic heterocycles. The molecule has 3 rings (SSSR count). The monoisotopic (exact) mass is 405 g/mol. The molecule has 0 atom stereocenters. The molecule has 8 heteroatoms. The number of nitrogens with zero attached hydrogens (tertiary/aromatic N) is 3. The van der Waals surface area contributed by atoms with E-state index in [0.717, 1.165) is 28.0 Å². The van der Waals surface area contributed by atoms with Crippen LogP contribution in [0.3, 0.4) is 0 Å². The standard InChI is InChI=1S/C19H21Cl2N5O/c1-10(2)13-8-12(23-16-11(3)25-26(4)18(13)16)9-22-19(27)24-17-14(20)6-5-7-15(17)21/h5-8,10H,9H2,1-4H3,(H2,22,24,27). The first kappa shape index (κ1) is 19.5. The fourth-order valence-electron chi connectivity index (χ4n) is 3.00. The summed E-state index contributed by atoms with van der Waals surface area (Å²) in [6.07, 6.45) is 0. The minimum absolute atomic E-state index is 0.276. The maximum Gasteiger partial charge on any atom is 0.319 e. The third kappa shape index (κ3) is 4.01. The largest absolute Gasteiger partial charge is 0.332 e. The van der Waals surface area contributed by atoms with Gasteiger partial charge in [-0.1, -0.05) is 43.1 Å². The smallest absolute Gasteiger partial charge is 0.319 e. The van der Waals surface area contributed by atoms with Crippen molar-refractivity contribution in [1.29, 1.82) is 0 Å². The van der Waals surface area contributed by atoms with Crippen molar-refractivity contribution in [2.24, 2.45) is 7.05 Å². The Hall–Kier alpha value is -2.31. The maximum atomic E-state index is 12.3. The number of aromatic nitrogens is 3. The van der Waals surface area contributed by atoms with Gasteiger partial charge >= 0.3 is 6.03 Å². The van der Waals surface area contributed by atoms with Gasteiger partial charge in [-0.05, 0) is 36.6 Å². The number of anilines is 1. The van der Waals surface area contributed by atoms with Gasteiger partial charge in [-0.15, -0.1) is 0 Å². The highest BCUT2D eigenvalue weighted by Crippen LogP contribution is 2.30. The molecule has 2 amide bonds. The number of para-hydroxylation sites is 1. The fourth-order valence-corrected chi connectivity index (χ4v) is 3.50. The Morgan fingerprint density at radius 1 is 1.26 bits per heavy atom. The summed E-state index contributed by atoms with van der Waals surface area (Å²) in [5, 5.41) is 10.7. The Bertz CT molecular complexity index is 993. The molecule has 2 heterocycles. The number of carbonyl (C=O) groups is 1. The molecule has 0 radical (unpaired) electrons. The first-order valence-corrected chi connectivity index (χ1v) is 9.35. The molecule has 0 fully saturated rings. The number of amides is 2. The summed E-state index contributed by atoms with van der Waals surface area (Å²) < 4.78 is 1.86. The van der Waals surface area contributed by atoms with Crippen molar-refractivity contribution in [3.63, 3.8) is 0 Å². The number of nitrogens with one attached hydrogen (secondary N) is 2. The molecule has 3 aromatic rings. The van der Waals surface area contributed by atoms with Gasteiger partial charge in [-0.25, -0.2) is 9.78 Å². The van der Waals surface area contributed by atoms with E-state index in [9.17, 15) is 4.79 Å². The van der Waals surface area contributed by atoms with Crippen molar-refractivity contribution >= 4 is 46.0 Å². The molecule has 0 bridgehead atoms. The van der Waals surface area contributed by atoms with Crippen LogP contribution in [0, 0.1) is 6.92 Å². The van der Waals surface area contributed by atoms with Crippen LogP contribution in [0.15, 0.2) is 24.3 Å². The second-order valence-corrected chi connectivity index (χ2v) is 7.48. The summed E-state index contributed by atoms with van der Waals surface area (Å²) in [5.41, 5.74) is 5.04. The maximum absolute atomic E-state index is 12.3. The fraction of sp³-hybridized carbons (Fsp3) is 0.316. The number of pyridine rings is 1. The van der Waals surface area contributed by atoms with Gasteiger partial charge in [0.05, 0.1) is 39.2 Å². The normalized spacial score (nSPS) is 11.2. The Morgan fingerprint density at radius 3 is 2.56 bits per heavy atom. The van der Waals surface area contributed by atoms with Crippen molar-refractivity contribution in [2.75, 3.05) is 5.32 Å². The highest BCUT2D eigenvalue weighted by Gasteiger charge is 2.16. The number of hydrogen-bond donors (Lipinski definition) is 2. The first-order valence-electron chi connectivity index (χ1n) is 8.60. The molecule has 6 nitrogen and oxygen atoms in total. The topological polar surface area (TPSA) is 71.8 Å². The van der Waals surface area contributed by atoms with E-state index in [2.05, 4.69) is 34.6 Å². The molecular weight excluding hydrogens is 385 g/mol. The quantitative estimate of drug-likeness (QED) is 0.639. The van der Waals surface area contributed by atoms with Crippen LogP contribution in [-0.4, -0.2) is 20.8 Å². The lowest BCUT2D eigenvalue weighted by Gasteiger charge is -2.13. The molecule has 0 spiro atoms. The Morgan fingerprint density at radius 2 is 1.93 bits per heavy atom. The molecule has 1 aromatic carbocycles. The predicted octanol–water partition coefficient (Wildman–Crippen LogP) is 5.03. The van der Waals surface area contributed by atoms with Gasteiger partial charge in [0.15, 0.2) is 0 Å². The van der Waals surface area contributed by atoms with Gasteiger partial charge in [0, 0.05) is 7.05 Å². The Kier molecular flexibility index (Phi) is 5.58. The van der Waals surface area contributed by atoms with Crippen LogP contribution >= 0.6 is 23.2 Å². The number of hydrogen-bond acceptors (Lipinski definition) is 3. The van der Waals surface area contributed by atoms with Gasteiger partial charge in [0.2, 0.25) is 0 Å². The highest BCUT2D eigenvalue weighted by atomic mass is 35.5. The van der Waals surface area contributed by atoms with Crippen molar-refractivity contribution in [2.45, 2.75) is 33.2 Å². The van der Waals surface area contributed by atoms with Crippen LogP contribution in [0.1, 0.15) is 36.7 Å². The third-order valence-electron chi connectivity index (χ3n) is 4.29. The summed E-state index contributed by atoms with van der Waals surface area (Å²) >= 11 is 12.2. The van der Waals surface area contributed by atoms with Crippen molar-refractivity contribution < 1.29 is 4.79 Å². The lowest BCUT2D eigenvalue weighted by Crippen LogP contribution is -2.28. The zero-order valence-corrected chi connectivity index (χ0v) is 17.1. The molecule has 27 heavy (non-hydrogen) atoms. The highest BCUT2D eigenvalue weighted by molar-refractivity contribution is 6.39. The molecule has 0 saturated carbocycles. The first-order chi connectivity index (χ1) is 12.8. The molecule has 0 saturated heterocycles. The number of urea groups is 1. The minimum Gasteiger partial charge on any atom is -0.332 e. The second-order valence-electron chi connectivity index (χ2n) is 6.67. The lowest BCUT2D eigenvalue weighted by molar-refractivity contribution is 0.251. The lowest BCUT2D eigenvalue weighted by atomic mass is 10.0. The van der Waals surface area contributed by atoms with Crippen LogP contribution < -0.4 is 10.6 Å². The number of rotatable bonds is 4. The SMILES string of the molecule is Cc1nn(C)c2c(C(C)C)cc(CNC(=O)Nc3c(Cl)cccc3Cl)nc12. The number of aryl methyl sites for hydroxylation is 2. The predicted molar refractivity (Wildman–Crippen MR) is 110 cm³/mol. The van der Waals surface area contributed by atoms with Gasteiger partial charge in [-0.2, -0.15) is 5.10 Å². The summed E-state index contributed by atoms with van der Waals surface area (Å²) in [7, 11) is 1.92. The van der Waals surface area contributed by atoms with Crippen molar-refractivity contribution in [3.8, 4) is 0 Å². The zero-order chi connectivity index (χ0) is 19.7. The summed E-state index contributed by atoms with van der Waals surface area (Å²) in [5.74, 6) is 0.305. The van der Waals surface area contributed by atoms with Crippen LogP contribution in [-0.2, 0) is 13.6 Å². The van der Waals surface area contributed by atoms with E-state index in [1.165, 1.54) is 0 Å². The van der Waals surface area contributed by atoms with Gasteiger partial charge in [0.1, 0.15) is 5.52 Å². The Balaban J connectivity index is 1.81. The molecule has 0 aliphatic rings. The van der Waals surface area contributed by atoms with Crippen LogP contribution in [0.5, 0.6) is 0 Å². The molecule has 2 aromatic heterocycles. The zero-order valence-electron chi connectivity index (χ0n) is 15.6.